The Labute approximate surface area is 92.0 Å². The lowest BCUT2D eigenvalue weighted by molar-refractivity contribution is 0.0980. The first kappa shape index (κ1) is 12.8. The van der Waals surface area contributed by atoms with Gasteiger partial charge in [0.2, 0.25) is 0 Å². The molecule has 0 heterocycles. The molecule has 0 radical (unpaired) electrons. The normalized spacial score (nSPS) is 11.4. The second-order valence-electron chi connectivity index (χ2n) is 3.40. The van der Waals surface area contributed by atoms with Crippen molar-refractivity contribution >= 4 is 15.6 Å². The van der Waals surface area contributed by atoms with Crippen molar-refractivity contribution in [3.8, 4) is 0 Å². The molecule has 0 fully saturated rings. The van der Waals surface area contributed by atoms with Crippen molar-refractivity contribution in [1.29, 1.82) is 0 Å². The van der Waals surface area contributed by atoms with Crippen molar-refractivity contribution in [2.45, 2.75) is 6.42 Å². The van der Waals surface area contributed by atoms with Gasteiger partial charge in [-0.15, -0.1) is 0 Å². The van der Waals surface area contributed by atoms with Crippen LogP contribution in [-0.4, -0.2) is 26.2 Å². The average Bonchev–Trinajstić information content (AvgIpc) is 2.13. The number of carbonyl (C=O) groups is 1. The molecule has 0 aliphatic heterocycles. The first-order chi connectivity index (χ1) is 7.31. The second kappa shape index (κ2) is 4.69. The highest BCUT2D eigenvalue weighted by Crippen LogP contribution is 2.14. The minimum absolute atomic E-state index is 0.417. The molecule has 0 bridgehead atoms. The fourth-order valence-electron chi connectivity index (χ4n) is 1.17. The lowest BCUT2D eigenvalue weighted by Gasteiger charge is -2.03. The van der Waals surface area contributed by atoms with Gasteiger partial charge in [0.05, 0.1) is 11.3 Å². The van der Waals surface area contributed by atoms with Crippen LogP contribution in [-0.2, 0) is 9.84 Å². The summed E-state index contributed by atoms with van der Waals surface area (Å²) in [7, 11) is -3.32. The van der Waals surface area contributed by atoms with E-state index in [1.165, 1.54) is 0 Å². The minimum atomic E-state index is -3.32. The molecule has 88 valence electrons. The van der Waals surface area contributed by atoms with Gasteiger partial charge in [0.15, 0.2) is 5.78 Å². The van der Waals surface area contributed by atoms with Gasteiger partial charge in [0.25, 0.3) is 0 Å². The maximum Gasteiger partial charge on any atom is 0.169 e. The number of hydrogen-bond acceptors (Lipinski definition) is 3. The van der Waals surface area contributed by atoms with Crippen LogP contribution in [0, 0.1) is 11.6 Å². The van der Waals surface area contributed by atoms with Gasteiger partial charge < -0.3 is 0 Å². The molecule has 0 spiro atoms. The van der Waals surface area contributed by atoms with E-state index in [1.54, 1.807) is 0 Å². The summed E-state index contributed by atoms with van der Waals surface area (Å²) in [6.45, 7) is 0. The van der Waals surface area contributed by atoms with Crippen LogP contribution in [0.5, 0.6) is 0 Å². The Kier molecular flexibility index (Phi) is 3.74. The molecule has 0 aromatic heterocycles. The van der Waals surface area contributed by atoms with E-state index in [9.17, 15) is 22.0 Å². The minimum Gasteiger partial charge on any atom is -0.294 e. The molecule has 0 aliphatic carbocycles. The van der Waals surface area contributed by atoms with Gasteiger partial charge in [-0.1, -0.05) is 6.07 Å². The zero-order valence-corrected chi connectivity index (χ0v) is 9.35. The van der Waals surface area contributed by atoms with E-state index < -0.39 is 45.0 Å². The van der Waals surface area contributed by atoms with Crippen LogP contribution >= 0.6 is 0 Å². The third kappa shape index (κ3) is 3.37. The standard InChI is InChI=1S/C10H10F2O3S/c1-16(14,15)6-5-9(13)10-7(11)3-2-4-8(10)12/h2-4H,5-6H2,1H3. The molecule has 1 aromatic rings. The molecule has 16 heavy (non-hydrogen) atoms. The average molecular weight is 248 g/mol. The lowest BCUT2D eigenvalue weighted by Crippen LogP contribution is -2.12. The summed E-state index contributed by atoms with van der Waals surface area (Å²) >= 11 is 0. The summed E-state index contributed by atoms with van der Waals surface area (Å²) < 4.78 is 47.8. The molecule has 6 heteroatoms. The number of benzene rings is 1. The maximum atomic E-state index is 13.1. The zero-order valence-electron chi connectivity index (χ0n) is 8.54. The fourth-order valence-corrected chi connectivity index (χ4v) is 1.72. The molecular formula is C10H10F2O3S. The predicted molar refractivity (Wildman–Crippen MR) is 55.0 cm³/mol. The van der Waals surface area contributed by atoms with Gasteiger partial charge in [-0.05, 0) is 12.1 Å². The number of Topliss-reactive ketones (excluding diaryl/α,β-unsaturated/α-hetero) is 1. The number of rotatable bonds is 4. The number of halogens is 2. The van der Waals surface area contributed by atoms with Gasteiger partial charge in [0, 0.05) is 12.7 Å². The van der Waals surface area contributed by atoms with Crippen LogP contribution in [0.2, 0.25) is 0 Å². The quantitative estimate of drug-likeness (QED) is 0.760. The fraction of sp³-hybridized carbons (Fsp3) is 0.300. The predicted octanol–water partition coefficient (Wildman–Crippen LogP) is 1.58. The van der Waals surface area contributed by atoms with Crippen LogP contribution in [0.3, 0.4) is 0 Å². The van der Waals surface area contributed by atoms with E-state index in [0.717, 1.165) is 24.5 Å². The summed E-state index contributed by atoms with van der Waals surface area (Å²) in [5.41, 5.74) is -0.675. The van der Waals surface area contributed by atoms with E-state index in [-0.39, 0.29) is 0 Å². The SMILES string of the molecule is CS(=O)(=O)CCC(=O)c1c(F)cccc1F. The van der Waals surface area contributed by atoms with Crippen LogP contribution in [0.15, 0.2) is 18.2 Å². The van der Waals surface area contributed by atoms with Gasteiger partial charge >= 0.3 is 0 Å². The van der Waals surface area contributed by atoms with E-state index in [1.807, 2.05) is 0 Å². The molecule has 0 amide bonds. The maximum absolute atomic E-state index is 13.1. The first-order valence-electron chi connectivity index (χ1n) is 4.46. The lowest BCUT2D eigenvalue weighted by atomic mass is 10.1. The highest BCUT2D eigenvalue weighted by molar-refractivity contribution is 7.90. The zero-order chi connectivity index (χ0) is 12.3. The Morgan fingerprint density at radius 2 is 1.75 bits per heavy atom. The number of sulfone groups is 1. The molecule has 0 saturated heterocycles. The second-order valence-corrected chi connectivity index (χ2v) is 5.66. The van der Waals surface area contributed by atoms with Crippen LogP contribution in [0.4, 0.5) is 8.78 Å². The van der Waals surface area contributed by atoms with Crippen LogP contribution in [0.25, 0.3) is 0 Å². The van der Waals surface area contributed by atoms with Crippen LogP contribution in [0.1, 0.15) is 16.8 Å². The number of ketones is 1. The Morgan fingerprint density at radius 1 is 1.25 bits per heavy atom. The van der Waals surface area contributed by atoms with Crippen molar-refractivity contribution in [3.05, 3.63) is 35.4 Å². The van der Waals surface area contributed by atoms with Crippen LogP contribution < -0.4 is 0 Å². The third-order valence-electron chi connectivity index (χ3n) is 1.94. The number of carbonyl (C=O) groups excluding carboxylic acids is 1. The monoisotopic (exact) mass is 248 g/mol. The summed E-state index contributed by atoms with van der Waals surface area (Å²) in [6, 6.07) is 3.05. The number of hydrogen-bond donors (Lipinski definition) is 0. The summed E-state index contributed by atoms with van der Waals surface area (Å²) in [6.07, 6.45) is 0.536. The molecular weight excluding hydrogens is 238 g/mol. The van der Waals surface area contributed by atoms with Gasteiger partial charge in [0.1, 0.15) is 21.5 Å². The van der Waals surface area contributed by atoms with Crippen molar-refractivity contribution in [2.24, 2.45) is 0 Å². The largest absolute Gasteiger partial charge is 0.294 e. The molecule has 3 nitrogen and oxygen atoms in total. The summed E-state index contributed by atoms with van der Waals surface area (Å²) in [4.78, 5) is 11.4. The molecule has 0 atom stereocenters. The summed E-state index contributed by atoms with van der Waals surface area (Å²) in [5, 5.41) is 0. The molecule has 1 aromatic carbocycles. The Balaban J connectivity index is 2.90. The van der Waals surface area contributed by atoms with Crippen molar-refractivity contribution in [1.82, 2.24) is 0 Å². The molecule has 0 N–H and O–H groups in total. The highest BCUT2D eigenvalue weighted by atomic mass is 32.2. The molecule has 0 saturated carbocycles. The smallest absolute Gasteiger partial charge is 0.169 e. The summed E-state index contributed by atoms with van der Waals surface area (Å²) in [5.74, 6) is -3.21. The Bertz CT molecular complexity index is 489. The Morgan fingerprint density at radius 3 is 2.19 bits per heavy atom. The van der Waals surface area contributed by atoms with Crippen molar-refractivity contribution in [3.63, 3.8) is 0 Å². The van der Waals surface area contributed by atoms with E-state index >= 15 is 0 Å². The molecule has 0 unspecified atom stereocenters. The van der Waals surface area contributed by atoms with E-state index in [2.05, 4.69) is 0 Å². The van der Waals surface area contributed by atoms with Gasteiger partial charge in [-0.3, -0.25) is 4.79 Å². The van der Waals surface area contributed by atoms with Gasteiger partial charge in [-0.2, -0.15) is 0 Å². The Hall–Kier alpha value is -1.30. The highest BCUT2D eigenvalue weighted by Gasteiger charge is 2.18. The first-order valence-corrected chi connectivity index (χ1v) is 6.52. The van der Waals surface area contributed by atoms with Crippen molar-refractivity contribution < 1.29 is 22.0 Å². The van der Waals surface area contributed by atoms with Gasteiger partial charge in [-0.25, -0.2) is 17.2 Å². The molecule has 1 rings (SSSR count). The molecule has 0 aliphatic rings. The van der Waals surface area contributed by atoms with E-state index in [4.69, 9.17) is 0 Å². The van der Waals surface area contributed by atoms with E-state index in [0.29, 0.717) is 0 Å². The third-order valence-corrected chi connectivity index (χ3v) is 2.89. The van der Waals surface area contributed by atoms with Crippen molar-refractivity contribution in [2.75, 3.05) is 12.0 Å². The topological polar surface area (TPSA) is 51.2 Å².